The van der Waals surface area contributed by atoms with Gasteiger partial charge in [0.05, 0.1) is 26.4 Å². The van der Waals surface area contributed by atoms with E-state index in [9.17, 15) is 40.5 Å². The SMILES string of the molecule is CC/C=C\C/C=C\C/C=C\C/C=C\C/C=C\CCCCCCCCCC(=O)OC(COCCCCCCCC/C=C\C/C=C\CCC)COC1OC(COC2OC(CO)C(O)C(O)C2O)C(O)C(O)C1O. The first-order valence-electron chi connectivity index (χ1n) is 27.2. The Labute approximate surface area is 427 Å². The summed E-state index contributed by atoms with van der Waals surface area (Å²) in [4.78, 5) is 13.0. The molecule has 408 valence electrons. The second kappa shape index (κ2) is 43.6. The molecule has 2 rings (SSSR count). The van der Waals surface area contributed by atoms with Crippen molar-refractivity contribution in [1.82, 2.24) is 0 Å². The van der Waals surface area contributed by atoms with E-state index in [2.05, 4.69) is 98.9 Å². The number of hydrogen-bond donors (Lipinski definition) is 7. The van der Waals surface area contributed by atoms with Crippen molar-refractivity contribution in [2.75, 3.05) is 33.0 Å². The standard InChI is InChI=1S/C57H96O14/c1-3-5-7-9-11-13-15-17-19-20-21-22-23-24-25-26-27-28-30-32-34-36-38-40-49(59)69-46(43-66-41-39-37-35-33-31-29-18-16-14-12-10-8-6-4-2)44-67-56-55(65)53(63)51(61)48(71-56)45-68-57-54(64)52(62)50(60)47(42-58)70-57/h5,7-8,10-11,13-14,16-17,19,21-22,24-25,46-48,50-58,60-65H,3-4,6,9,12,15,18,20,23,26-45H2,1-2H3/b7-5-,10-8-,13-11-,16-14-,19-17-,22-21-,25-24-. The van der Waals surface area contributed by atoms with Crippen molar-refractivity contribution < 1.29 is 69.0 Å². The molecule has 0 aromatic carbocycles. The van der Waals surface area contributed by atoms with Gasteiger partial charge < -0.3 is 64.2 Å². The van der Waals surface area contributed by atoms with E-state index < -0.39 is 86.7 Å². The number of carbonyl (C=O) groups is 1. The molecule has 2 aliphatic heterocycles. The molecule has 71 heavy (non-hydrogen) atoms. The summed E-state index contributed by atoms with van der Waals surface area (Å²) in [6.45, 7) is 3.45. The number of allylic oxidation sites excluding steroid dienone is 14. The van der Waals surface area contributed by atoms with Crippen molar-refractivity contribution in [2.45, 2.75) is 235 Å². The Kier molecular flexibility index (Phi) is 39.4. The van der Waals surface area contributed by atoms with E-state index in [4.69, 9.17) is 28.4 Å². The normalized spacial score (nSPS) is 26.0. The molecule has 0 amide bonds. The fraction of sp³-hybridized carbons (Fsp3) is 0.737. The summed E-state index contributed by atoms with van der Waals surface area (Å²) in [6.07, 6.45) is 39.2. The van der Waals surface area contributed by atoms with Crippen LogP contribution in [-0.4, -0.2) is 142 Å². The fourth-order valence-electron chi connectivity index (χ4n) is 8.00. The number of aliphatic hydroxyl groups is 7. The lowest BCUT2D eigenvalue weighted by Crippen LogP contribution is -2.61. The number of esters is 1. The number of ether oxygens (including phenoxy) is 6. The van der Waals surface area contributed by atoms with Gasteiger partial charge in [0, 0.05) is 13.0 Å². The van der Waals surface area contributed by atoms with Crippen LogP contribution < -0.4 is 0 Å². The Hall–Kier alpha value is -2.83. The third-order valence-electron chi connectivity index (χ3n) is 12.4. The van der Waals surface area contributed by atoms with Crippen LogP contribution in [0.25, 0.3) is 0 Å². The highest BCUT2D eigenvalue weighted by molar-refractivity contribution is 5.69. The maximum Gasteiger partial charge on any atom is 0.306 e. The van der Waals surface area contributed by atoms with Gasteiger partial charge in [0.25, 0.3) is 0 Å². The predicted octanol–water partition coefficient (Wildman–Crippen LogP) is 8.85. The number of rotatable bonds is 42. The number of unbranched alkanes of at least 4 members (excludes halogenated alkanes) is 14. The van der Waals surface area contributed by atoms with Gasteiger partial charge in [-0.05, 0) is 83.5 Å². The summed E-state index contributed by atoms with van der Waals surface area (Å²) in [6, 6.07) is 0. The van der Waals surface area contributed by atoms with Gasteiger partial charge in [0.15, 0.2) is 12.6 Å². The zero-order valence-electron chi connectivity index (χ0n) is 43.4. The van der Waals surface area contributed by atoms with Gasteiger partial charge >= 0.3 is 5.97 Å². The van der Waals surface area contributed by atoms with Gasteiger partial charge in [-0.1, -0.05) is 163 Å². The minimum absolute atomic E-state index is 0.0446. The predicted molar refractivity (Wildman–Crippen MR) is 279 cm³/mol. The molecule has 0 aromatic rings. The van der Waals surface area contributed by atoms with Crippen molar-refractivity contribution in [3.8, 4) is 0 Å². The molecule has 14 nitrogen and oxygen atoms in total. The van der Waals surface area contributed by atoms with Crippen LogP contribution in [0.2, 0.25) is 0 Å². The van der Waals surface area contributed by atoms with E-state index in [1.165, 1.54) is 25.7 Å². The maximum absolute atomic E-state index is 13.0. The lowest BCUT2D eigenvalue weighted by atomic mass is 9.98. The van der Waals surface area contributed by atoms with E-state index >= 15 is 0 Å². The first kappa shape index (κ1) is 64.3. The van der Waals surface area contributed by atoms with E-state index in [0.717, 1.165) is 116 Å². The smallest absolute Gasteiger partial charge is 0.306 e. The van der Waals surface area contributed by atoms with Gasteiger partial charge in [0.1, 0.15) is 54.9 Å². The average Bonchev–Trinajstić information content (AvgIpc) is 3.37. The van der Waals surface area contributed by atoms with E-state index in [0.29, 0.717) is 13.0 Å². The first-order valence-corrected chi connectivity index (χ1v) is 27.2. The number of hydrogen-bond acceptors (Lipinski definition) is 14. The maximum atomic E-state index is 13.0. The largest absolute Gasteiger partial charge is 0.457 e. The molecule has 2 saturated heterocycles. The molecule has 7 N–H and O–H groups in total. The summed E-state index contributed by atoms with van der Waals surface area (Å²) < 4.78 is 34.3. The minimum atomic E-state index is -1.72. The van der Waals surface area contributed by atoms with Gasteiger partial charge in [-0.3, -0.25) is 4.79 Å². The third-order valence-corrected chi connectivity index (χ3v) is 12.4. The van der Waals surface area contributed by atoms with E-state index in [1.807, 2.05) is 0 Å². The van der Waals surface area contributed by atoms with Crippen LogP contribution >= 0.6 is 0 Å². The average molecular weight is 1010 g/mol. The van der Waals surface area contributed by atoms with Crippen LogP contribution in [0.4, 0.5) is 0 Å². The second-order valence-electron chi connectivity index (χ2n) is 18.7. The molecular formula is C57H96O14. The van der Waals surface area contributed by atoms with Crippen molar-refractivity contribution >= 4 is 5.97 Å². The monoisotopic (exact) mass is 1000 g/mol. The molecule has 0 aliphatic carbocycles. The number of aliphatic hydroxyl groups excluding tert-OH is 7. The Balaban J connectivity index is 1.74. The molecule has 0 radical (unpaired) electrons. The molecule has 2 aliphatic rings. The van der Waals surface area contributed by atoms with E-state index in [-0.39, 0.29) is 19.6 Å². The summed E-state index contributed by atoms with van der Waals surface area (Å²) >= 11 is 0. The van der Waals surface area contributed by atoms with Crippen LogP contribution in [0.15, 0.2) is 85.1 Å². The zero-order chi connectivity index (χ0) is 51.6. The summed E-state index contributed by atoms with van der Waals surface area (Å²) in [5.41, 5.74) is 0. The molecule has 11 atom stereocenters. The lowest BCUT2D eigenvalue weighted by Gasteiger charge is -2.42. The highest BCUT2D eigenvalue weighted by Crippen LogP contribution is 2.26. The van der Waals surface area contributed by atoms with Crippen LogP contribution in [-0.2, 0) is 33.2 Å². The third kappa shape index (κ3) is 30.8. The van der Waals surface area contributed by atoms with Crippen LogP contribution in [0, 0.1) is 0 Å². The molecule has 14 heteroatoms. The molecule has 11 unspecified atom stereocenters. The number of carbonyl (C=O) groups excluding carboxylic acids is 1. The molecule has 0 spiro atoms. The van der Waals surface area contributed by atoms with Crippen LogP contribution in [0.5, 0.6) is 0 Å². The van der Waals surface area contributed by atoms with Crippen LogP contribution in [0.3, 0.4) is 0 Å². The van der Waals surface area contributed by atoms with Crippen molar-refractivity contribution in [3.05, 3.63) is 85.1 Å². The van der Waals surface area contributed by atoms with Gasteiger partial charge in [0.2, 0.25) is 0 Å². The van der Waals surface area contributed by atoms with Crippen molar-refractivity contribution in [2.24, 2.45) is 0 Å². The molecule has 2 fully saturated rings. The lowest BCUT2D eigenvalue weighted by molar-refractivity contribution is -0.332. The zero-order valence-corrected chi connectivity index (χ0v) is 43.4. The molecule has 0 aromatic heterocycles. The Morgan fingerprint density at radius 1 is 0.479 bits per heavy atom. The Bertz CT molecular complexity index is 1490. The molecule has 0 saturated carbocycles. The van der Waals surface area contributed by atoms with E-state index in [1.54, 1.807) is 0 Å². The van der Waals surface area contributed by atoms with Gasteiger partial charge in [-0.2, -0.15) is 0 Å². The van der Waals surface area contributed by atoms with Crippen molar-refractivity contribution in [3.63, 3.8) is 0 Å². The summed E-state index contributed by atoms with van der Waals surface area (Å²) in [5, 5.41) is 72.2. The summed E-state index contributed by atoms with van der Waals surface area (Å²) in [5.74, 6) is -0.395. The highest BCUT2D eigenvalue weighted by Gasteiger charge is 2.47. The second-order valence-corrected chi connectivity index (χ2v) is 18.7. The fourth-order valence-corrected chi connectivity index (χ4v) is 8.00. The molecule has 2 heterocycles. The quantitative estimate of drug-likeness (QED) is 0.0173. The van der Waals surface area contributed by atoms with Crippen LogP contribution in [0.1, 0.15) is 168 Å². The minimum Gasteiger partial charge on any atom is -0.457 e. The van der Waals surface area contributed by atoms with Gasteiger partial charge in [-0.15, -0.1) is 0 Å². The topological polar surface area (TPSA) is 214 Å². The summed E-state index contributed by atoms with van der Waals surface area (Å²) in [7, 11) is 0. The highest BCUT2D eigenvalue weighted by atomic mass is 16.7. The first-order chi connectivity index (χ1) is 34.6. The van der Waals surface area contributed by atoms with Gasteiger partial charge in [-0.25, -0.2) is 0 Å². The van der Waals surface area contributed by atoms with Crippen molar-refractivity contribution in [1.29, 1.82) is 0 Å². The Morgan fingerprint density at radius 2 is 0.915 bits per heavy atom. The Morgan fingerprint density at radius 3 is 1.44 bits per heavy atom. The molecule has 0 bridgehead atoms. The molecular weight excluding hydrogens is 909 g/mol.